The number of benzene rings is 1. The highest BCUT2D eigenvalue weighted by Gasteiger charge is 2.28. The fourth-order valence-electron chi connectivity index (χ4n) is 1.87. The van der Waals surface area contributed by atoms with Gasteiger partial charge in [0, 0.05) is 13.6 Å². The summed E-state index contributed by atoms with van der Waals surface area (Å²) in [6.45, 7) is 2.55. The van der Waals surface area contributed by atoms with Crippen molar-refractivity contribution in [1.82, 2.24) is 5.32 Å². The molecule has 1 aliphatic rings. The number of hydrogen-bond donors (Lipinski definition) is 1. The lowest BCUT2D eigenvalue weighted by atomic mass is 10.1. The summed E-state index contributed by atoms with van der Waals surface area (Å²) in [5.74, 6) is 0.767. The fraction of sp³-hybridized carbons (Fsp3) is 0.417. The number of rotatable bonds is 2. The number of carbonyl (C=O) groups is 1. The molecular formula is C12H16N2O2. The molecule has 1 aromatic rings. The van der Waals surface area contributed by atoms with Crippen molar-refractivity contribution in [3.8, 4) is 5.75 Å². The molecule has 0 aromatic heterocycles. The number of carbonyl (C=O) groups excluding carboxylic acids is 1. The van der Waals surface area contributed by atoms with Gasteiger partial charge in [0.15, 0.2) is 6.10 Å². The second-order valence-corrected chi connectivity index (χ2v) is 3.99. The van der Waals surface area contributed by atoms with E-state index in [2.05, 4.69) is 5.32 Å². The number of likely N-dealkylation sites (N-methyl/N-ethyl adjacent to an activating group) is 1. The van der Waals surface area contributed by atoms with E-state index in [0.717, 1.165) is 23.5 Å². The molecule has 1 unspecified atom stereocenters. The molecule has 4 nitrogen and oxygen atoms in total. The van der Waals surface area contributed by atoms with Gasteiger partial charge >= 0.3 is 0 Å². The number of fused-ring (bicyclic) bond motifs is 1. The van der Waals surface area contributed by atoms with Crippen molar-refractivity contribution >= 4 is 11.6 Å². The van der Waals surface area contributed by atoms with Gasteiger partial charge in [-0.3, -0.25) is 4.79 Å². The second kappa shape index (κ2) is 4.14. The van der Waals surface area contributed by atoms with Crippen molar-refractivity contribution in [1.29, 1.82) is 0 Å². The van der Waals surface area contributed by atoms with Gasteiger partial charge in [0.1, 0.15) is 5.75 Å². The van der Waals surface area contributed by atoms with Crippen LogP contribution in [0.25, 0.3) is 0 Å². The van der Waals surface area contributed by atoms with E-state index in [1.165, 1.54) is 0 Å². The summed E-state index contributed by atoms with van der Waals surface area (Å²) >= 11 is 0. The molecule has 1 atom stereocenters. The lowest BCUT2D eigenvalue weighted by Crippen LogP contribution is -2.42. The van der Waals surface area contributed by atoms with Gasteiger partial charge in [0.05, 0.1) is 5.69 Å². The Morgan fingerprint density at radius 1 is 1.50 bits per heavy atom. The summed E-state index contributed by atoms with van der Waals surface area (Å²) in [7, 11) is 3.68. The number of hydrogen-bond acceptors (Lipinski definition) is 3. The molecule has 16 heavy (non-hydrogen) atoms. The van der Waals surface area contributed by atoms with Gasteiger partial charge in [-0.1, -0.05) is 6.07 Å². The average molecular weight is 220 g/mol. The van der Waals surface area contributed by atoms with Crippen molar-refractivity contribution < 1.29 is 9.53 Å². The Bertz CT molecular complexity index is 417. The Morgan fingerprint density at radius 2 is 2.25 bits per heavy atom. The van der Waals surface area contributed by atoms with Gasteiger partial charge in [0.2, 0.25) is 0 Å². The predicted molar refractivity (Wildman–Crippen MR) is 62.7 cm³/mol. The van der Waals surface area contributed by atoms with E-state index in [-0.39, 0.29) is 5.91 Å². The predicted octanol–water partition coefficient (Wildman–Crippen LogP) is 1.15. The quantitative estimate of drug-likeness (QED) is 0.813. The molecule has 0 fully saturated rings. The van der Waals surface area contributed by atoms with Crippen molar-refractivity contribution in [2.24, 2.45) is 0 Å². The monoisotopic (exact) mass is 220 g/mol. The van der Waals surface area contributed by atoms with E-state index in [0.29, 0.717) is 0 Å². The number of ether oxygens (including phenoxy) is 1. The molecule has 1 N–H and O–H groups in total. The first-order chi connectivity index (χ1) is 7.63. The lowest BCUT2D eigenvalue weighted by molar-refractivity contribution is -0.125. The second-order valence-electron chi connectivity index (χ2n) is 3.99. The van der Waals surface area contributed by atoms with E-state index in [4.69, 9.17) is 4.74 Å². The first kappa shape index (κ1) is 11.0. The Hall–Kier alpha value is -1.55. The molecule has 0 bridgehead atoms. The highest BCUT2D eigenvalue weighted by atomic mass is 16.5. The van der Waals surface area contributed by atoms with Crippen LogP contribution < -0.4 is 15.0 Å². The van der Waals surface area contributed by atoms with Crippen LogP contribution in [0.2, 0.25) is 0 Å². The molecule has 4 heteroatoms. The number of amides is 1. The van der Waals surface area contributed by atoms with Crippen LogP contribution >= 0.6 is 0 Å². The minimum absolute atomic E-state index is 0.00546. The average Bonchev–Trinajstić information content (AvgIpc) is 2.28. The maximum absolute atomic E-state index is 11.7. The Balaban J connectivity index is 2.38. The van der Waals surface area contributed by atoms with Crippen molar-refractivity contribution in [3.63, 3.8) is 0 Å². The Labute approximate surface area is 95.2 Å². The highest BCUT2D eigenvalue weighted by molar-refractivity contribution is 5.99. The SMILES string of the molecule is CNCc1ccc2c(c1)N(C)C(=O)C(C)O2. The molecule has 2 rings (SSSR count). The standard InChI is InChI=1S/C12H16N2O2/c1-8-12(15)14(3)10-6-9(7-13-2)4-5-11(10)16-8/h4-6,8,13H,7H2,1-3H3. The number of nitrogens with zero attached hydrogens (tertiary/aromatic N) is 1. The molecule has 1 amide bonds. The number of nitrogens with one attached hydrogen (secondary N) is 1. The van der Waals surface area contributed by atoms with Gasteiger partial charge in [-0.25, -0.2) is 0 Å². The lowest BCUT2D eigenvalue weighted by Gasteiger charge is -2.30. The van der Waals surface area contributed by atoms with Gasteiger partial charge in [-0.15, -0.1) is 0 Å². The van der Waals surface area contributed by atoms with Crippen LogP contribution in [0.5, 0.6) is 5.75 Å². The van der Waals surface area contributed by atoms with Crippen molar-refractivity contribution in [2.75, 3.05) is 19.0 Å². The highest BCUT2D eigenvalue weighted by Crippen LogP contribution is 2.33. The molecular weight excluding hydrogens is 204 g/mol. The first-order valence-electron chi connectivity index (χ1n) is 5.35. The van der Waals surface area contributed by atoms with Gasteiger partial charge in [-0.05, 0) is 31.7 Å². The van der Waals surface area contributed by atoms with Gasteiger partial charge in [0.25, 0.3) is 5.91 Å². The topological polar surface area (TPSA) is 41.6 Å². The molecule has 0 aliphatic carbocycles. The van der Waals surface area contributed by atoms with E-state index in [1.54, 1.807) is 18.9 Å². The minimum atomic E-state index is -0.396. The molecule has 1 aliphatic heterocycles. The zero-order valence-corrected chi connectivity index (χ0v) is 9.78. The molecule has 1 aromatic carbocycles. The molecule has 86 valence electrons. The third kappa shape index (κ3) is 1.76. The van der Waals surface area contributed by atoms with Crippen LogP contribution in [0.4, 0.5) is 5.69 Å². The largest absolute Gasteiger partial charge is 0.479 e. The van der Waals surface area contributed by atoms with Crippen molar-refractivity contribution in [2.45, 2.75) is 19.6 Å². The third-order valence-corrected chi connectivity index (χ3v) is 2.75. The molecule has 1 heterocycles. The zero-order valence-electron chi connectivity index (χ0n) is 9.78. The fourth-order valence-corrected chi connectivity index (χ4v) is 1.87. The molecule has 0 spiro atoms. The molecule has 0 saturated heterocycles. The third-order valence-electron chi connectivity index (χ3n) is 2.75. The van der Waals surface area contributed by atoms with Crippen LogP contribution in [0.1, 0.15) is 12.5 Å². The molecule has 0 radical (unpaired) electrons. The Kier molecular flexibility index (Phi) is 2.83. The molecule has 0 saturated carbocycles. The summed E-state index contributed by atoms with van der Waals surface area (Å²) < 4.78 is 5.54. The maximum Gasteiger partial charge on any atom is 0.267 e. The van der Waals surface area contributed by atoms with E-state index in [9.17, 15) is 4.79 Å². The zero-order chi connectivity index (χ0) is 11.7. The summed E-state index contributed by atoms with van der Waals surface area (Å²) in [6, 6.07) is 5.91. The van der Waals surface area contributed by atoms with Crippen LogP contribution in [-0.4, -0.2) is 26.1 Å². The first-order valence-corrected chi connectivity index (χ1v) is 5.35. The van der Waals surface area contributed by atoms with Crippen molar-refractivity contribution in [3.05, 3.63) is 23.8 Å². The van der Waals surface area contributed by atoms with E-state index >= 15 is 0 Å². The smallest absolute Gasteiger partial charge is 0.267 e. The maximum atomic E-state index is 11.7. The summed E-state index contributed by atoms with van der Waals surface area (Å²) in [5, 5.41) is 3.08. The summed E-state index contributed by atoms with van der Waals surface area (Å²) in [5.41, 5.74) is 1.98. The summed E-state index contributed by atoms with van der Waals surface area (Å²) in [6.07, 6.45) is -0.396. The normalized spacial score (nSPS) is 19.3. The Morgan fingerprint density at radius 3 is 2.94 bits per heavy atom. The van der Waals surface area contributed by atoms with Crippen LogP contribution in [-0.2, 0) is 11.3 Å². The van der Waals surface area contributed by atoms with Crippen LogP contribution in [0.3, 0.4) is 0 Å². The minimum Gasteiger partial charge on any atom is -0.479 e. The van der Waals surface area contributed by atoms with Gasteiger partial charge in [-0.2, -0.15) is 0 Å². The van der Waals surface area contributed by atoms with E-state index < -0.39 is 6.10 Å². The number of anilines is 1. The van der Waals surface area contributed by atoms with Crippen LogP contribution in [0.15, 0.2) is 18.2 Å². The van der Waals surface area contributed by atoms with Gasteiger partial charge < -0.3 is 15.0 Å². The summed E-state index contributed by atoms with van der Waals surface area (Å²) in [4.78, 5) is 13.4. The van der Waals surface area contributed by atoms with Crippen LogP contribution in [0, 0.1) is 0 Å². The van der Waals surface area contributed by atoms with E-state index in [1.807, 2.05) is 25.2 Å².